The fraction of sp³-hybridized carbons (Fsp3) is 0.0385. The predicted molar refractivity (Wildman–Crippen MR) is 129 cm³/mol. The molecule has 0 saturated carbocycles. The Labute approximate surface area is 194 Å². The second-order valence-corrected chi connectivity index (χ2v) is 8.37. The van der Waals surface area contributed by atoms with Crippen LogP contribution in [0.5, 0.6) is 0 Å². The third-order valence-corrected chi connectivity index (χ3v) is 5.96. The molecule has 0 radical (unpaired) electrons. The number of amides is 1. The van der Waals surface area contributed by atoms with Crippen molar-refractivity contribution in [3.05, 3.63) is 113 Å². The number of nitrogens with one attached hydrogen (secondary N) is 1. The van der Waals surface area contributed by atoms with Crippen LogP contribution in [0.2, 0.25) is 0 Å². The number of anilines is 1. The van der Waals surface area contributed by atoms with Crippen molar-refractivity contribution in [3.8, 4) is 22.8 Å². The van der Waals surface area contributed by atoms with E-state index in [-0.39, 0.29) is 11.7 Å². The van der Waals surface area contributed by atoms with Crippen LogP contribution in [-0.2, 0) is 6.54 Å². The maximum Gasteiger partial charge on any atom is 0.265 e. The van der Waals surface area contributed by atoms with Gasteiger partial charge in [0.25, 0.3) is 5.91 Å². The number of carbonyl (C=O) groups excluding carboxylic acids is 1. The summed E-state index contributed by atoms with van der Waals surface area (Å²) in [7, 11) is 0. The Morgan fingerprint density at radius 2 is 1.64 bits per heavy atom. The molecule has 3 aromatic carbocycles. The zero-order chi connectivity index (χ0) is 22.6. The maximum absolute atomic E-state index is 13.3. The van der Waals surface area contributed by atoms with Crippen molar-refractivity contribution in [3.63, 3.8) is 0 Å². The van der Waals surface area contributed by atoms with Gasteiger partial charge < -0.3 is 5.32 Å². The maximum atomic E-state index is 13.3. The molecule has 2 heterocycles. The smallest absolute Gasteiger partial charge is 0.265 e. The van der Waals surface area contributed by atoms with Gasteiger partial charge in [0.2, 0.25) is 0 Å². The number of nitrogens with zero attached hydrogens (tertiary/aromatic N) is 3. The lowest BCUT2D eigenvalue weighted by Crippen LogP contribution is -2.09. The van der Waals surface area contributed by atoms with E-state index in [9.17, 15) is 9.18 Å². The number of benzene rings is 3. The molecule has 1 amide bonds. The average Bonchev–Trinajstić information content (AvgIpc) is 3.52. The first kappa shape index (κ1) is 20.8. The van der Waals surface area contributed by atoms with Crippen molar-refractivity contribution in [2.24, 2.45) is 0 Å². The molecule has 5 nitrogen and oxygen atoms in total. The van der Waals surface area contributed by atoms with Crippen molar-refractivity contribution >= 4 is 22.9 Å². The zero-order valence-electron chi connectivity index (χ0n) is 17.5. The molecule has 0 unspecified atom stereocenters. The molecular weight excluding hydrogens is 435 g/mol. The summed E-state index contributed by atoms with van der Waals surface area (Å²) in [4.78, 5) is 17.7. The molecule has 162 valence electrons. The summed E-state index contributed by atoms with van der Waals surface area (Å²) in [6.07, 6.45) is 0. The van der Waals surface area contributed by atoms with Crippen LogP contribution in [0.15, 0.2) is 96.4 Å². The van der Waals surface area contributed by atoms with Crippen LogP contribution in [0, 0.1) is 5.82 Å². The topological polar surface area (TPSA) is 59.8 Å². The molecule has 7 heteroatoms. The first-order valence-corrected chi connectivity index (χ1v) is 11.2. The molecular formula is C26H19FN4OS. The monoisotopic (exact) mass is 454 g/mol. The van der Waals surface area contributed by atoms with Gasteiger partial charge in [-0.05, 0) is 53.4 Å². The molecule has 0 aliphatic carbocycles. The minimum atomic E-state index is -0.271. The number of carbonyl (C=O) groups is 1. The number of halogens is 1. The van der Waals surface area contributed by atoms with Crippen LogP contribution in [0.4, 0.5) is 10.1 Å². The van der Waals surface area contributed by atoms with Crippen LogP contribution < -0.4 is 5.32 Å². The summed E-state index contributed by atoms with van der Waals surface area (Å²) in [5.74, 6) is 0.899. The lowest BCUT2D eigenvalue weighted by atomic mass is 10.2. The van der Waals surface area contributed by atoms with E-state index in [0.29, 0.717) is 22.9 Å². The Kier molecular flexibility index (Phi) is 5.78. The molecule has 1 N–H and O–H groups in total. The highest BCUT2D eigenvalue weighted by molar-refractivity contribution is 7.12. The summed E-state index contributed by atoms with van der Waals surface area (Å²) in [6, 6.07) is 27.3. The van der Waals surface area contributed by atoms with Crippen LogP contribution in [0.3, 0.4) is 0 Å². The molecule has 0 fully saturated rings. The number of aromatic nitrogens is 3. The number of hydrogen-bond acceptors (Lipinski definition) is 4. The van der Waals surface area contributed by atoms with Gasteiger partial charge in [-0.1, -0.05) is 48.5 Å². The SMILES string of the molecule is O=C(Nc1ccc(-c2nc(-c3ccccc3)n(Cc3ccc(F)cc3)n2)cc1)c1cccs1. The van der Waals surface area contributed by atoms with Gasteiger partial charge in [-0.2, -0.15) is 5.10 Å². The number of hydrogen-bond donors (Lipinski definition) is 1. The van der Waals surface area contributed by atoms with E-state index in [1.165, 1.54) is 23.5 Å². The molecule has 33 heavy (non-hydrogen) atoms. The molecule has 0 spiro atoms. The Morgan fingerprint density at radius 3 is 2.33 bits per heavy atom. The van der Waals surface area contributed by atoms with E-state index in [1.54, 1.807) is 18.2 Å². The van der Waals surface area contributed by atoms with Gasteiger partial charge in [-0.25, -0.2) is 14.1 Å². The highest BCUT2D eigenvalue weighted by atomic mass is 32.1. The van der Waals surface area contributed by atoms with Crippen LogP contribution in [0.25, 0.3) is 22.8 Å². The minimum absolute atomic E-state index is 0.134. The zero-order valence-corrected chi connectivity index (χ0v) is 18.3. The summed E-state index contributed by atoms with van der Waals surface area (Å²) < 4.78 is 15.2. The normalized spacial score (nSPS) is 10.8. The average molecular weight is 455 g/mol. The molecule has 0 aliphatic heterocycles. The highest BCUT2D eigenvalue weighted by Crippen LogP contribution is 2.25. The standard InChI is InChI=1S/C26H19FN4OS/c27-21-12-8-18(9-13-21)17-31-25(20-5-2-1-3-6-20)29-24(30-31)19-10-14-22(15-11-19)28-26(32)23-7-4-16-33-23/h1-16H,17H2,(H,28,32). The number of thiophene rings is 1. The first-order valence-electron chi connectivity index (χ1n) is 10.4. The summed E-state index contributed by atoms with van der Waals surface area (Å²) >= 11 is 1.40. The van der Waals surface area contributed by atoms with Crippen molar-refractivity contribution in [2.45, 2.75) is 6.54 Å². The molecule has 0 atom stereocenters. The van der Waals surface area contributed by atoms with Crippen molar-refractivity contribution in [1.82, 2.24) is 14.8 Å². The van der Waals surface area contributed by atoms with Crippen molar-refractivity contribution in [2.75, 3.05) is 5.32 Å². The van der Waals surface area contributed by atoms with Gasteiger partial charge in [-0.3, -0.25) is 4.79 Å². The van der Waals surface area contributed by atoms with Gasteiger partial charge in [-0.15, -0.1) is 11.3 Å². The van der Waals surface area contributed by atoms with Crippen molar-refractivity contribution < 1.29 is 9.18 Å². The first-order chi connectivity index (χ1) is 16.2. The largest absolute Gasteiger partial charge is 0.321 e. The van der Waals surface area contributed by atoms with Crippen LogP contribution >= 0.6 is 11.3 Å². The Hall–Kier alpha value is -4.10. The van der Waals surface area contributed by atoms with Gasteiger partial charge in [0.15, 0.2) is 11.6 Å². The van der Waals surface area contributed by atoms with E-state index in [4.69, 9.17) is 10.1 Å². The fourth-order valence-electron chi connectivity index (χ4n) is 3.44. The summed E-state index contributed by atoms with van der Waals surface area (Å²) in [5.41, 5.74) is 3.40. The summed E-state index contributed by atoms with van der Waals surface area (Å²) in [5, 5.41) is 9.50. The number of rotatable bonds is 6. The van der Waals surface area contributed by atoms with Crippen LogP contribution in [-0.4, -0.2) is 20.7 Å². The Balaban J connectivity index is 1.43. The second kappa shape index (κ2) is 9.18. The quantitative estimate of drug-likeness (QED) is 0.337. The molecule has 0 saturated heterocycles. The molecule has 5 aromatic rings. The van der Waals surface area contributed by atoms with Gasteiger partial charge in [0.1, 0.15) is 5.82 Å². The van der Waals surface area contributed by atoms with E-state index >= 15 is 0 Å². The summed E-state index contributed by atoms with van der Waals surface area (Å²) in [6.45, 7) is 0.465. The molecule has 0 bridgehead atoms. The van der Waals surface area contributed by atoms with E-state index < -0.39 is 0 Å². The fourth-order valence-corrected chi connectivity index (χ4v) is 4.06. The Bertz CT molecular complexity index is 1360. The van der Waals surface area contributed by atoms with Gasteiger partial charge in [0, 0.05) is 16.8 Å². The third-order valence-electron chi connectivity index (χ3n) is 5.10. The lowest BCUT2D eigenvalue weighted by molar-refractivity contribution is 0.103. The third kappa shape index (κ3) is 4.73. The molecule has 0 aliphatic rings. The lowest BCUT2D eigenvalue weighted by Gasteiger charge is -2.06. The highest BCUT2D eigenvalue weighted by Gasteiger charge is 2.14. The van der Waals surface area contributed by atoms with Gasteiger partial charge >= 0.3 is 0 Å². The van der Waals surface area contributed by atoms with Gasteiger partial charge in [0.05, 0.1) is 11.4 Å². The Morgan fingerprint density at radius 1 is 0.879 bits per heavy atom. The van der Waals surface area contributed by atoms with Crippen LogP contribution in [0.1, 0.15) is 15.2 Å². The van der Waals surface area contributed by atoms with E-state index in [2.05, 4.69) is 5.32 Å². The van der Waals surface area contributed by atoms with Crippen molar-refractivity contribution in [1.29, 1.82) is 0 Å². The predicted octanol–water partition coefficient (Wildman–Crippen LogP) is 6.11. The van der Waals surface area contributed by atoms with E-state index in [1.807, 2.05) is 70.7 Å². The minimum Gasteiger partial charge on any atom is -0.321 e. The second-order valence-electron chi connectivity index (χ2n) is 7.42. The molecule has 5 rings (SSSR count). The molecule has 2 aromatic heterocycles. The van der Waals surface area contributed by atoms with E-state index in [0.717, 1.165) is 22.5 Å².